The van der Waals surface area contributed by atoms with E-state index >= 15 is 0 Å². The SMILES string of the molecule is CCOC(=O)C(OC1CCOCC1)(C(=O)OCC)C(N)CCC(=O)OC(C)(C)C. The summed E-state index contributed by atoms with van der Waals surface area (Å²) in [5, 5.41) is 0. The van der Waals surface area contributed by atoms with Crippen LogP contribution in [0.1, 0.15) is 60.3 Å². The lowest BCUT2D eigenvalue weighted by Gasteiger charge is -2.38. The lowest BCUT2D eigenvalue weighted by atomic mass is 9.89. The Morgan fingerprint density at radius 1 is 1.03 bits per heavy atom. The first kappa shape index (κ1) is 25.3. The van der Waals surface area contributed by atoms with Crippen molar-refractivity contribution in [1.82, 2.24) is 0 Å². The van der Waals surface area contributed by atoms with Gasteiger partial charge in [0.05, 0.1) is 25.4 Å². The largest absolute Gasteiger partial charge is 0.463 e. The second kappa shape index (κ2) is 11.5. The number of ether oxygens (including phenoxy) is 5. The molecular weight excluding hydrogens is 382 g/mol. The Balaban J connectivity index is 3.10. The summed E-state index contributed by atoms with van der Waals surface area (Å²) in [6.07, 6.45) is 0.468. The molecule has 0 amide bonds. The Bertz CT molecular complexity index is 533. The molecule has 0 saturated carbocycles. The van der Waals surface area contributed by atoms with Gasteiger partial charge < -0.3 is 29.4 Å². The molecule has 0 radical (unpaired) electrons. The summed E-state index contributed by atoms with van der Waals surface area (Å²) in [6, 6.07) is -1.16. The third-order valence-corrected chi connectivity index (χ3v) is 4.28. The van der Waals surface area contributed by atoms with Crippen LogP contribution in [0.15, 0.2) is 0 Å². The summed E-state index contributed by atoms with van der Waals surface area (Å²) >= 11 is 0. The minimum Gasteiger partial charge on any atom is -0.463 e. The molecule has 1 unspecified atom stereocenters. The minimum atomic E-state index is -2.16. The molecule has 9 heteroatoms. The van der Waals surface area contributed by atoms with E-state index in [1.807, 2.05) is 0 Å². The molecule has 1 rings (SSSR count). The van der Waals surface area contributed by atoms with E-state index < -0.39 is 41.3 Å². The number of rotatable bonds is 10. The average Bonchev–Trinajstić information content (AvgIpc) is 2.64. The highest BCUT2D eigenvalue weighted by molar-refractivity contribution is 6.04. The average molecular weight is 417 g/mol. The van der Waals surface area contributed by atoms with Crippen LogP contribution in [0.25, 0.3) is 0 Å². The van der Waals surface area contributed by atoms with Crippen molar-refractivity contribution in [3.8, 4) is 0 Å². The van der Waals surface area contributed by atoms with E-state index in [0.29, 0.717) is 26.1 Å². The van der Waals surface area contributed by atoms with Gasteiger partial charge in [-0.25, -0.2) is 9.59 Å². The highest BCUT2D eigenvalue weighted by Crippen LogP contribution is 2.28. The van der Waals surface area contributed by atoms with Crippen LogP contribution in [0.2, 0.25) is 0 Å². The maximum atomic E-state index is 12.9. The molecule has 0 aromatic carbocycles. The molecule has 0 spiro atoms. The molecule has 0 aliphatic carbocycles. The molecule has 1 fully saturated rings. The van der Waals surface area contributed by atoms with Crippen LogP contribution >= 0.6 is 0 Å². The molecule has 29 heavy (non-hydrogen) atoms. The van der Waals surface area contributed by atoms with Crippen molar-refractivity contribution in [3.63, 3.8) is 0 Å². The first-order chi connectivity index (χ1) is 13.6. The van der Waals surface area contributed by atoms with E-state index in [-0.39, 0.29) is 26.1 Å². The summed E-state index contributed by atoms with van der Waals surface area (Å²) in [7, 11) is 0. The van der Waals surface area contributed by atoms with Crippen molar-refractivity contribution >= 4 is 17.9 Å². The first-order valence-electron chi connectivity index (χ1n) is 10.1. The summed E-state index contributed by atoms with van der Waals surface area (Å²) in [4.78, 5) is 37.9. The van der Waals surface area contributed by atoms with E-state index in [1.54, 1.807) is 34.6 Å². The quantitative estimate of drug-likeness (QED) is 0.320. The number of nitrogens with two attached hydrogens (primary N) is 1. The molecule has 1 aliphatic heterocycles. The number of carbonyl (C=O) groups is 3. The zero-order chi connectivity index (χ0) is 22.1. The van der Waals surface area contributed by atoms with Crippen LogP contribution in [0, 0.1) is 0 Å². The Labute approximate surface area is 172 Å². The first-order valence-corrected chi connectivity index (χ1v) is 10.1. The van der Waals surface area contributed by atoms with E-state index in [1.165, 1.54) is 0 Å². The maximum Gasteiger partial charge on any atom is 0.352 e. The molecular formula is C20H35NO8. The van der Waals surface area contributed by atoms with Gasteiger partial charge in [-0.1, -0.05) is 0 Å². The van der Waals surface area contributed by atoms with Crippen molar-refractivity contribution in [2.45, 2.75) is 83.6 Å². The van der Waals surface area contributed by atoms with E-state index in [2.05, 4.69) is 0 Å². The summed E-state index contributed by atoms with van der Waals surface area (Å²) < 4.78 is 26.9. The highest BCUT2D eigenvalue weighted by atomic mass is 16.6. The van der Waals surface area contributed by atoms with Gasteiger partial charge in [0.2, 0.25) is 0 Å². The summed E-state index contributed by atoms with van der Waals surface area (Å²) in [6.45, 7) is 9.45. The van der Waals surface area contributed by atoms with Crippen LogP contribution in [0.4, 0.5) is 0 Å². The molecule has 1 heterocycles. The summed E-state index contributed by atoms with van der Waals surface area (Å²) in [5.74, 6) is -2.32. The summed E-state index contributed by atoms with van der Waals surface area (Å²) in [5.41, 5.74) is 3.47. The normalized spacial score (nSPS) is 16.8. The Morgan fingerprint density at radius 2 is 1.55 bits per heavy atom. The lowest BCUT2D eigenvalue weighted by molar-refractivity contribution is -0.207. The Hall–Kier alpha value is -1.71. The van der Waals surface area contributed by atoms with Gasteiger partial charge in [-0.3, -0.25) is 4.79 Å². The van der Waals surface area contributed by atoms with Gasteiger partial charge in [0.25, 0.3) is 5.60 Å². The number of hydrogen-bond acceptors (Lipinski definition) is 9. The smallest absolute Gasteiger partial charge is 0.352 e. The van der Waals surface area contributed by atoms with Gasteiger partial charge in [-0.15, -0.1) is 0 Å². The van der Waals surface area contributed by atoms with Crippen LogP contribution < -0.4 is 5.73 Å². The fourth-order valence-electron chi connectivity index (χ4n) is 2.97. The number of esters is 3. The maximum absolute atomic E-state index is 12.9. The standard InChI is InChI=1S/C20H35NO8/c1-6-26-17(23)20(18(24)27-7-2,28-14-10-12-25-13-11-14)15(21)8-9-16(22)29-19(3,4)5/h14-15H,6-13,21H2,1-5H3. The molecule has 0 bridgehead atoms. The second-order valence-electron chi connectivity index (χ2n) is 7.84. The highest BCUT2D eigenvalue weighted by Gasteiger charge is 2.56. The number of carbonyl (C=O) groups excluding carboxylic acids is 3. The van der Waals surface area contributed by atoms with Crippen LogP contribution in [-0.4, -0.2) is 67.7 Å². The lowest BCUT2D eigenvalue weighted by Crippen LogP contribution is -2.64. The Kier molecular flexibility index (Phi) is 10.0. The van der Waals surface area contributed by atoms with Gasteiger partial charge >= 0.3 is 17.9 Å². The predicted molar refractivity (Wildman–Crippen MR) is 104 cm³/mol. The van der Waals surface area contributed by atoms with Crippen LogP contribution in [0.5, 0.6) is 0 Å². The van der Waals surface area contributed by atoms with Gasteiger partial charge in [-0.05, 0) is 53.9 Å². The van der Waals surface area contributed by atoms with Gasteiger partial charge in [0.15, 0.2) is 0 Å². The molecule has 1 saturated heterocycles. The van der Waals surface area contributed by atoms with Crippen LogP contribution in [-0.2, 0) is 38.1 Å². The van der Waals surface area contributed by atoms with E-state index in [9.17, 15) is 14.4 Å². The molecule has 0 aromatic heterocycles. The topological polar surface area (TPSA) is 123 Å². The zero-order valence-corrected chi connectivity index (χ0v) is 18.2. The number of hydrogen-bond donors (Lipinski definition) is 1. The van der Waals surface area contributed by atoms with Gasteiger partial charge in [-0.2, -0.15) is 0 Å². The van der Waals surface area contributed by atoms with Crippen LogP contribution in [0.3, 0.4) is 0 Å². The van der Waals surface area contributed by atoms with Gasteiger partial charge in [0, 0.05) is 19.6 Å². The molecule has 0 aromatic rings. The fourth-order valence-corrected chi connectivity index (χ4v) is 2.97. The van der Waals surface area contributed by atoms with E-state index in [4.69, 9.17) is 29.4 Å². The molecule has 9 nitrogen and oxygen atoms in total. The predicted octanol–water partition coefficient (Wildman–Crippen LogP) is 1.50. The zero-order valence-electron chi connectivity index (χ0n) is 18.2. The second-order valence-corrected chi connectivity index (χ2v) is 7.84. The third-order valence-electron chi connectivity index (χ3n) is 4.28. The third kappa shape index (κ3) is 7.56. The molecule has 2 N–H and O–H groups in total. The van der Waals surface area contributed by atoms with Crippen molar-refractivity contribution in [2.24, 2.45) is 5.73 Å². The molecule has 168 valence electrons. The van der Waals surface area contributed by atoms with Gasteiger partial charge in [0.1, 0.15) is 5.60 Å². The monoisotopic (exact) mass is 417 g/mol. The Morgan fingerprint density at radius 3 is 2.00 bits per heavy atom. The van der Waals surface area contributed by atoms with Crippen molar-refractivity contribution in [1.29, 1.82) is 0 Å². The molecule has 1 aliphatic rings. The van der Waals surface area contributed by atoms with Crippen molar-refractivity contribution < 1.29 is 38.1 Å². The van der Waals surface area contributed by atoms with Crippen molar-refractivity contribution in [2.75, 3.05) is 26.4 Å². The van der Waals surface area contributed by atoms with E-state index in [0.717, 1.165) is 0 Å². The fraction of sp³-hybridized carbons (Fsp3) is 0.850. The van der Waals surface area contributed by atoms with Crippen molar-refractivity contribution in [3.05, 3.63) is 0 Å². The molecule has 1 atom stereocenters. The minimum absolute atomic E-state index is 0.0181.